The number of unbranched alkanes of at least 4 members (excludes halogenated alkanes) is 9. The summed E-state index contributed by atoms with van der Waals surface area (Å²) in [7, 11) is -3.30. The third kappa shape index (κ3) is 14.1. The van der Waals surface area contributed by atoms with Crippen LogP contribution >= 0.6 is 20.5 Å². The van der Waals surface area contributed by atoms with Gasteiger partial charge < -0.3 is 0 Å². The average Bonchev–Trinajstić information content (AvgIpc) is 2.49. The smallest absolute Gasteiger partial charge is 0.287 e. The normalized spacial score (nSPS) is 12.0. The van der Waals surface area contributed by atoms with Crippen molar-refractivity contribution in [2.75, 3.05) is 25.6 Å². The molecule has 0 aliphatic rings. The Bertz CT molecular complexity index is 267. The monoisotopic (exact) mass is 354 g/mol. The van der Waals surface area contributed by atoms with E-state index >= 15 is 0 Å². The van der Waals surface area contributed by atoms with E-state index in [-0.39, 0.29) is 0 Å². The van der Waals surface area contributed by atoms with E-state index in [0.29, 0.717) is 19.8 Å². The van der Waals surface area contributed by atoms with Crippen molar-refractivity contribution in [2.24, 2.45) is 0 Å². The highest BCUT2D eigenvalue weighted by atomic mass is 32.1. The predicted octanol–water partition coefficient (Wildman–Crippen LogP) is 6.01. The molecule has 0 aromatic rings. The number of phosphoric acid groups is 1. The third-order valence-electron chi connectivity index (χ3n) is 3.38. The molecule has 134 valence electrons. The molecule has 0 aliphatic carbocycles. The van der Waals surface area contributed by atoms with Crippen LogP contribution in [-0.4, -0.2) is 25.6 Å². The molecule has 0 spiro atoms. The van der Waals surface area contributed by atoms with Gasteiger partial charge in [-0.25, -0.2) is 4.57 Å². The lowest BCUT2D eigenvalue weighted by atomic mass is 10.1. The third-order valence-corrected chi connectivity index (χ3v) is 5.34. The molecule has 0 aromatic heterocycles. The molecule has 0 N–H and O–H groups in total. The van der Waals surface area contributed by atoms with Crippen LogP contribution in [0.1, 0.15) is 78.1 Å². The van der Waals surface area contributed by atoms with Crippen LogP contribution in [0.15, 0.2) is 0 Å². The molecule has 4 nitrogen and oxygen atoms in total. The molecule has 0 bridgehead atoms. The van der Waals surface area contributed by atoms with Crippen molar-refractivity contribution in [3.63, 3.8) is 0 Å². The first-order valence-corrected chi connectivity index (χ1v) is 10.9. The summed E-state index contributed by atoms with van der Waals surface area (Å²) in [4.78, 5) is 0. The van der Waals surface area contributed by atoms with Gasteiger partial charge in [-0.05, 0) is 32.4 Å². The second-order valence-electron chi connectivity index (χ2n) is 5.38. The molecule has 0 aromatic carbocycles. The van der Waals surface area contributed by atoms with Gasteiger partial charge in [-0.1, -0.05) is 51.4 Å². The van der Waals surface area contributed by atoms with Crippen LogP contribution in [0.25, 0.3) is 0 Å². The molecule has 0 radical (unpaired) electrons. The Hall–Kier alpha value is 0.460. The standard InChI is InChI=1S/C16H35O4PS/c1-3-18-21(17,19-4-2)20-15-13-11-9-7-5-6-8-10-12-14-16-22/h22H,3-16H2,1-2H3. The van der Waals surface area contributed by atoms with Gasteiger partial charge in [-0.3, -0.25) is 13.6 Å². The van der Waals surface area contributed by atoms with Crippen LogP contribution in [0.2, 0.25) is 0 Å². The van der Waals surface area contributed by atoms with Gasteiger partial charge >= 0.3 is 7.82 Å². The quantitative estimate of drug-likeness (QED) is 0.197. The Balaban J connectivity index is 3.36. The first kappa shape index (κ1) is 22.5. The highest BCUT2D eigenvalue weighted by Crippen LogP contribution is 2.49. The maximum Gasteiger partial charge on any atom is 0.474 e. The molecule has 0 heterocycles. The molecule has 0 rings (SSSR count). The second-order valence-corrected chi connectivity index (χ2v) is 7.49. The summed E-state index contributed by atoms with van der Waals surface area (Å²) in [6.07, 6.45) is 12.4. The van der Waals surface area contributed by atoms with Crippen LogP contribution in [0.5, 0.6) is 0 Å². The zero-order chi connectivity index (χ0) is 16.5. The SMILES string of the molecule is CCOP(=O)(OCC)OCCCCCCCCCCCCS. The van der Waals surface area contributed by atoms with E-state index in [9.17, 15) is 4.57 Å². The van der Waals surface area contributed by atoms with E-state index in [4.69, 9.17) is 13.6 Å². The van der Waals surface area contributed by atoms with Gasteiger partial charge in [0.25, 0.3) is 0 Å². The van der Waals surface area contributed by atoms with Crippen molar-refractivity contribution in [1.82, 2.24) is 0 Å². The summed E-state index contributed by atoms with van der Waals surface area (Å²) in [6, 6.07) is 0. The van der Waals surface area contributed by atoms with Crippen molar-refractivity contribution < 1.29 is 18.1 Å². The minimum atomic E-state index is -3.30. The van der Waals surface area contributed by atoms with Crippen molar-refractivity contribution in [1.29, 1.82) is 0 Å². The predicted molar refractivity (Wildman–Crippen MR) is 96.8 cm³/mol. The van der Waals surface area contributed by atoms with Crippen LogP contribution in [-0.2, 0) is 18.1 Å². The summed E-state index contributed by atoms with van der Waals surface area (Å²) in [5.74, 6) is 1.02. The Morgan fingerprint density at radius 1 is 0.682 bits per heavy atom. The fraction of sp³-hybridized carbons (Fsp3) is 1.00. The summed E-state index contributed by atoms with van der Waals surface area (Å²) < 4.78 is 27.5. The van der Waals surface area contributed by atoms with Crippen molar-refractivity contribution in [3.8, 4) is 0 Å². The Morgan fingerprint density at radius 3 is 1.50 bits per heavy atom. The average molecular weight is 354 g/mol. The maximum absolute atomic E-state index is 12.0. The summed E-state index contributed by atoms with van der Waals surface area (Å²) >= 11 is 4.22. The lowest BCUT2D eigenvalue weighted by molar-refractivity contribution is 0.120. The van der Waals surface area contributed by atoms with Crippen LogP contribution in [0.3, 0.4) is 0 Å². The van der Waals surface area contributed by atoms with Gasteiger partial charge in [0, 0.05) is 0 Å². The van der Waals surface area contributed by atoms with E-state index in [1.54, 1.807) is 13.8 Å². The van der Waals surface area contributed by atoms with Gasteiger partial charge in [0.1, 0.15) is 0 Å². The van der Waals surface area contributed by atoms with Crippen molar-refractivity contribution >= 4 is 20.5 Å². The minimum Gasteiger partial charge on any atom is -0.287 e. The molecule has 6 heteroatoms. The molecular weight excluding hydrogens is 319 g/mol. The molecule has 0 atom stereocenters. The van der Waals surface area contributed by atoms with Gasteiger partial charge in [-0.2, -0.15) is 12.6 Å². The lowest BCUT2D eigenvalue weighted by Crippen LogP contribution is -2.01. The highest BCUT2D eigenvalue weighted by Gasteiger charge is 2.24. The molecule has 0 saturated carbocycles. The topological polar surface area (TPSA) is 44.8 Å². The molecular formula is C16H35O4PS. The molecule has 0 aliphatic heterocycles. The van der Waals surface area contributed by atoms with Crippen LogP contribution < -0.4 is 0 Å². The van der Waals surface area contributed by atoms with E-state index < -0.39 is 7.82 Å². The fourth-order valence-corrected chi connectivity index (χ4v) is 3.66. The number of hydrogen-bond acceptors (Lipinski definition) is 5. The zero-order valence-electron chi connectivity index (χ0n) is 14.4. The first-order chi connectivity index (χ1) is 10.7. The van der Waals surface area contributed by atoms with E-state index in [0.717, 1.165) is 18.6 Å². The van der Waals surface area contributed by atoms with E-state index in [1.165, 1.54) is 51.4 Å². The largest absolute Gasteiger partial charge is 0.474 e. The van der Waals surface area contributed by atoms with Crippen molar-refractivity contribution in [3.05, 3.63) is 0 Å². The lowest BCUT2D eigenvalue weighted by Gasteiger charge is -2.16. The maximum atomic E-state index is 12.0. The van der Waals surface area contributed by atoms with Crippen LogP contribution in [0.4, 0.5) is 0 Å². The summed E-state index contributed by atoms with van der Waals surface area (Å²) in [6.45, 7) is 4.69. The van der Waals surface area contributed by atoms with Crippen LogP contribution in [0, 0.1) is 0 Å². The zero-order valence-corrected chi connectivity index (χ0v) is 16.2. The summed E-state index contributed by atoms with van der Waals surface area (Å²) in [5, 5.41) is 0. The number of rotatable bonds is 17. The minimum absolute atomic E-state index is 0.339. The second kappa shape index (κ2) is 16.3. The van der Waals surface area contributed by atoms with Gasteiger partial charge in [0.05, 0.1) is 19.8 Å². The van der Waals surface area contributed by atoms with Gasteiger partial charge in [0.15, 0.2) is 0 Å². The molecule has 0 fully saturated rings. The van der Waals surface area contributed by atoms with Crippen molar-refractivity contribution in [2.45, 2.75) is 78.1 Å². The fourth-order valence-electron chi connectivity index (χ4n) is 2.23. The molecule has 0 saturated heterocycles. The van der Waals surface area contributed by atoms with Gasteiger partial charge in [-0.15, -0.1) is 0 Å². The Kier molecular flexibility index (Phi) is 16.7. The number of hydrogen-bond donors (Lipinski definition) is 1. The first-order valence-electron chi connectivity index (χ1n) is 8.83. The summed E-state index contributed by atoms with van der Waals surface area (Å²) in [5.41, 5.74) is 0. The number of phosphoric ester groups is 1. The molecule has 0 unspecified atom stereocenters. The Morgan fingerprint density at radius 2 is 1.09 bits per heavy atom. The van der Waals surface area contributed by atoms with E-state index in [2.05, 4.69) is 12.6 Å². The molecule has 22 heavy (non-hydrogen) atoms. The van der Waals surface area contributed by atoms with Gasteiger partial charge in [0.2, 0.25) is 0 Å². The number of thiol groups is 1. The highest BCUT2D eigenvalue weighted by molar-refractivity contribution is 7.80. The molecule has 0 amide bonds. The van der Waals surface area contributed by atoms with E-state index in [1.807, 2.05) is 0 Å². The Labute approximate surface area is 142 Å².